The number of rotatable bonds is 8. The molecule has 0 aromatic heterocycles. The summed E-state index contributed by atoms with van der Waals surface area (Å²) in [5.74, 6) is -1.88. The van der Waals surface area contributed by atoms with E-state index in [0.29, 0.717) is 34.2 Å². The van der Waals surface area contributed by atoms with Crippen molar-refractivity contribution in [2.24, 2.45) is 0 Å². The zero-order chi connectivity index (χ0) is 21.6. The first-order chi connectivity index (χ1) is 13.8. The van der Waals surface area contributed by atoms with Gasteiger partial charge < -0.3 is 19.5 Å². The number of allylic oxidation sites excluding steroid dienone is 2. The van der Waals surface area contributed by atoms with Gasteiger partial charge in [-0.15, -0.1) is 0 Å². The second-order valence-corrected chi connectivity index (χ2v) is 7.12. The van der Waals surface area contributed by atoms with E-state index in [1.807, 2.05) is 6.92 Å². The number of benzene rings is 1. The Morgan fingerprint density at radius 1 is 0.966 bits per heavy atom. The Balaban J connectivity index is 2.54. The lowest BCUT2D eigenvalue weighted by Crippen LogP contribution is -2.33. The minimum absolute atomic E-state index is 0.0941. The molecule has 0 saturated carbocycles. The van der Waals surface area contributed by atoms with Crippen LogP contribution in [0.3, 0.4) is 0 Å². The van der Waals surface area contributed by atoms with Gasteiger partial charge in [0.2, 0.25) is 0 Å². The van der Waals surface area contributed by atoms with Crippen LogP contribution in [0, 0.1) is 0 Å². The number of hydrogen-bond donors (Lipinski definition) is 1. The number of carbonyl (C=O) groups is 2. The molecule has 1 aliphatic rings. The van der Waals surface area contributed by atoms with Crippen molar-refractivity contribution in [1.82, 2.24) is 5.32 Å². The highest BCUT2D eigenvalue weighted by molar-refractivity contribution is 6.42. The zero-order valence-electron chi connectivity index (χ0n) is 16.9. The van der Waals surface area contributed by atoms with Crippen LogP contribution in [-0.2, 0) is 23.8 Å². The van der Waals surface area contributed by atoms with E-state index in [4.69, 9.17) is 37.4 Å². The maximum atomic E-state index is 13.0. The minimum atomic E-state index is -0.777. The van der Waals surface area contributed by atoms with E-state index < -0.39 is 17.9 Å². The van der Waals surface area contributed by atoms with Gasteiger partial charge in [0, 0.05) is 18.0 Å². The molecule has 1 aromatic carbocycles. The standard InChI is InChI=1S/C21H25Cl2NO5/c1-5-27-10-11-29-21(26)17-13(4)24-12(3)16(20(25)28-6-2)18(17)14-8-7-9-15(22)19(14)23/h7-9,18,24H,5-6,10-11H2,1-4H3. The normalized spacial score (nSPS) is 16.6. The quantitative estimate of drug-likeness (QED) is 0.476. The van der Waals surface area contributed by atoms with Crippen LogP contribution < -0.4 is 5.32 Å². The van der Waals surface area contributed by atoms with Crippen LogP contribution in [0.2, 0.25) is 10.0 Å². The molecule has 1 unspecified atom stereocenters. The maximum Gasteiger partial charge on any atom is 0.336 e. The molecule has 1 aliphatic heterocycles. The van der Waals surface area contributed by atoms with Gasteiger partial charge in [-0.3, -0.25) is 0 Å². The van der Waals surface area contributed by atoms with Crippen molar-refractivity contribution in [2.75, 3.05) is 26.4 Å². The monoisotopic (exact) mass is 441 g/mol. The number of ether oxygens (including phenoxy) is 3. The molecule has 0 fully saturated rings. The fraction of sp³-hybridized carbons (Fsp3) is 0.429. The molecule has 29 heavy (non-hydrogen) atoms. The first kappa shape index (κ1) is 23.3. The summed E-state index contributed by atoms with van der Waals surface area (Å²) < 4.78 is 15.9. The molecule has 0 saturated heterocycles. The molecule has 1 atom stereocenters. The van der Waals surface area contributed by atoms with Crippen LogP contribution in [0.5, 0.6) is 0 Å². The Hall–Kier alpha value is -2.02. The first-order valence-electron chi connectivity index (χ1n) is 9.37. The Morgan fingerprint density at radius 2 is 1.59 bits per heavy atom. The van der Waals surface area contributed by atoms with Gasteiger partial charge in [-0.05, 0) is 39.3 Å². The van der Waals surface area contributed by atoms with E-state index in [1.54, 1.807) is 39.0 Å². The Labute approximate surface area is 180 Å². The summed E-state index contributed by atoms with van der Waals surface area (Å²) >= 11 is 12.7. The lowest BCUT2D eigenvalue weighted by molar-refractivity contribution is -0.141. The van der Waals surface area contributed by atoms with E-state index in [2.05, 4.69) is 5.32 Å². The average Bonchev–Trinajstić information content (AvgIpc) is 2.66. The predicted octanol–water partition coefficient (Wildman–Crippen LogP) is 4.37. The molecule has 0 amide bonds. The van der Waals surface area contributed by atoms with E-state index in [-0.39, 0.29) is 30.4 Å². The van der Waals surface area contributed by atoms with Crippen molar-refractivity contribution >= 4 is 35.1 Å². The highest BCUT2D eigenvalue weighted by Gasteiger charge is 2.39. The van der Waals surface area contributed by atoms with Gasteiger partial charge in [-0.2, -0.15) is 0 Å². The van der Waals surface area contributed by atoms with E-state index in [1.165, 1.54) is 0 Å². The third kappa shape index (κ3) is 5.32. The number of hydrogen-bond acceptors (Lipinski definition) is 6. The molecular weight excluding hydrogens is 417 g/mol. The number of halogens is 2. The smallest absolute Gasteiger partial charge is 0.336 e. The minimum Gasteiger partial charge on any atom is -0.463 e. The fourth-order valence-electron chi connectivity index (χ4n) is 3.21. The fourth-order valence-corrected chi connectivity index (χ4v) is 3.63. The molecule has 1 heterocycles. The Morgan fingerprint density at radius 3 is 2.17 bits per heavy atom. The number of carbonyl (C=O) groups excluding carboxylic acids is 2. The van der Waals surface area contributed by atoms with Crippen LogP contribution in [-0.4, -0.2) is 38.4 Å². The van der Waals surface area contributed by atoms with Gasteiger partial charge in [0.15, 0.2) is 0 Å². The number of dihydropyridines is 1. The van der Waals surface area contributed by atoms with Gasteiger partial charge in [-0.1, -0.05) is 35.3 Å². The zero-order valence-corrected chi connectivity index (χ0v) is 18.4. The molecule has 2 rings (SSSR count). The van der Waals surface area contributed by atoms with Gasteiger partial charge in [-0.25, -0.2) is 9.59 Å². The topological polar surface area (TPSA) is 73.9 Å². The van der Waals surface area contributed by atoms with Gasteiger partial charge in [0.25, 0.3) is 0 Å². The lowest BCUT2D eigenvalue weighted by atomic mass is 9.80. The van der Waals surface area contributed by atoms with Crippen LogP contribution in [0.15, 0.2) is 40.7 Å². The van der Waals surface area contributed by atoms with Crippen molar-refractivity contribution in [3.63, 3.8) is 0 Å². The van der Waals surface area contributed by atoms with Crippen LogP contribution in [0.4, 0.5) is 0 Å². The highest BCUT2D eigenvalue weighted by atomic mass is 35.5. The Bertz CT molecular complexity index is 847. The third-order valence-electron chi connectivity index (χ3n) is 4.43. The molecule has 1 N–H and O–H groups in total. The highest BCUT2D eigenvalue weighted by Crippen LogP contribution is 2.43. The van der Waals surface area contributed by atoms with Crippen molar-refractivity contribution in [1.29, 1.82) is 0 Å². The molecule has 0 radical (unpaired) electrons. The number of nitrogens with one attached hydrogen (secondary N) is 1. The number of esters is 2. The molecule has 158 valence electrons. The summed E-state index contributed by atoms with van der Waals surface area (Å²) in [6.07, 6.45) is 0. The summed E-state index contributed by atoms with van der Waals surface area (Å²) in [6.45, 7) is 8.17. The first-order valence-corrected chi connectivity index (χ1v) is 10.1. The second kappa shape index (κ2) is 10.7. The largest absolute Gasteiger partial charge is 0.463 e. The summed E-state index contributed by atoms with van der Waals surface area (Å²) in [7, 11) is 0. The second-order valence-electron chi connectivity index (χ2n) is 6.33. The van der Waals surface area contributed by atoms with E-state index >= 15 is 0 Å². The summed E-state index contributed by atoms with van der Waals surface area (Å²) in [4.78, 5) is 25.7. The average molecular weight is 442 g/mol. The third-order valence-corrected chi connectivity index (χ3v) is 5.27. The van der Waals surface area contributed by atoms with Crippen molar-refractivity contribution in [3.8, 4) is 0 Å². The molecule has 8 heteroatoms. The molecule has 1 aromatic rings. The summed E-state index contributed by atoms with van der Waals surface area (Å²) in [5.41, 5.74) is 2.24. The molecule has 6 nitrogen and oxygen atoms in total. The van der Waals surface area contributed by atoms with Crippen molar-refractivity contribution in [2.45, 2.75) is 33.6 Å². The van der Waals surface area contributed by atoms with Gasteiger partial charge >= 0.3 is 11.9 Å². The lowest BCUT2D eigenvalue weighted by Gasteiger charge is -2.31. The van der Waals surface area contributed by atoms with E-state index in [0.717, 1.165) is 0 Å². The Kier molecular flexibility index (Phi) is 8.56. The molecule has 0 aliphatic carbocycles. The predicted molar refractivity (Wildman–Crippen MR) is 112 cm³/mol. The van der Waals surface area contributed by atoms with E-state index in [9.17, 15) is 9.59 Å². The summed E-state index contributed by atoms with van der Waals surface area (Å²) in [6, 6.07) is 5.10. The molecule has 0 bridgehead atoms. The maximum absolute atomic E-state index is 13.0. The van der Waals surface area contributed by atoms with Crippen molar-refractivity contribution in [3.05, 3.63) is 56.3 Å². The van der Waals surface area contributed by atoms with Crippen LogP contribution in [0.1, 0.15) is 39.2 Å². The SMILES string of the molecule is CCOCCOC(=O)C1=C(C)NC(C)=C(C(=O)OCC)C1c1cccc(Cl)c1Cl. The van der Waals surface area contributed by atoms with Crippen molar-refractivity contribution < 1.29 is 23.8 Å². The molecule has 0 spiro atoms. The van der Waals surface area contributed by atoms with Gasteiger partial charge in [0.1, 0.15) is 6.61 Å². The van der Waals surface area contributed by atoms with Crippen LogP contribution >= 0.6 is 23.2 Å². The van der Waals surface area contributed by atoms with Crippen LogP contribution in [0.25, 0.3) is 0 Å². The molecular formula is C21H25Cl2NO5. The van der Waals surface area contributed by atoms with Gasteiger partial charge in [0.05, 0.1) is 40.3 Å². The summed E-state index contributed by atoms with van der Waals surface area (Å²) in [5, 5.41) is 3.68.